The van der Waals surface area contributed by atoms with Gasteiger partial charge >= 0.3 is 0 Å². The lowest BCUT2D eigenvalue weighted by atomic mass is 9.43. The molecule has 30 heavy (non-hydrogen) atoms. The molecule has 4 saturated carbocycles. The summed E-state index contributed by atoms with van der Waals surface area (Å²) < 4.78 is 0. The van der Waals surface area contributed by atoms with Crippen LogP contribution in [0.5, 0.6) is 0 Å². The van der Waals surface area contributed by atoms with E-state index in [0.717, 1.165) is 63.7 Å². The summed E-state index contributed by atoms with van der Waals surface area (Å²) in [6, 6.07) is 0. The molecule has 0 aromatic carbocycles. The molecule has 1 saturated heterocycles. The van der Waals surface area contributed by atoms with Gasteiger partial charge in [-0.2, -0.15) is 0 Å². The Morgan fingerprint density at radius 1 is 1.10 bits per heavy atom. The van der Waals surface area contributed by atoms with Crippen LogP contribution in [0, 0.1) is 40.4 Å². The van der Waals surface area contributed by atoms with E-state index >= 15 is 0 Å². The molecule has 0 amide bonds. The SMILES string of the molecule is C[C@]12CCC(=NOC3CCNC3)CC1[C@@H](CO)C(=O)[C@@H]1[C@@H]2CC[C@]2(C)C(=O)CC[C@@H]12. The lowest BCUT2D eigenvalue weighted by Gasteiger charge is -2.60. The molecular weight excluding hydrogens is 380 g/mol. The van der Waals surface area contributed by atoms with E-state index in [1.54, 1.807) is 0 Å². The first-order valence-electron chi connectivity index (χ1n) is 12.0. The number of rotatable bonds is 3. The molecule has 1 aliphatic heterocycles. The van der Waals surface area contributed by atoms with Gasteiger partial charge in [-0.3, -0.25) is 9.59 Å². The Hall–Kier alpha value is -1.27. The lowest BCUT2D eigenvalue weighted by molar-refractivity contribution is -0.166. The van der Waals surface area contributed by atoms with Crippen molar-refractivity contribution in [3.8, 4) is 0 Å². The minimum atomic E-state index is -0.340. The number of ketones is 2. The van der Waals surface area contributed by atoms with Crippen molar-refractivity contribution in [3.05, 3.63) is 0 Å². The zero-order chi connectivity index (χ0) is 21.1. The molecular formula is C24H36N2O4. The fourth-order valence-electron chi connectivity index (χ4n) is 7.91. The van der Waals surface area contributed by atoms with Crippen LogP contribution in [-0.2, 0) is 14.4 Å². The molecule has 5 aliphatic rings. The fourth-order valence-corrected chi connectivity index (χ4v) is 7.91. The van der Waals surface area contributed by atoms with Gasteiger partial charge in [0.05, 0.1) is 12.3 Å². The highest BCUT2D eigenvalue weighted by atomic mass is 16.6. The first-order chi connectivity index (χ1) is 14.4. The van der Waals surface area contributed by atoms with Crippen molar-refractivity contribution in [1.82, 2.24) is 5.32 Å². The van der Waals surface area contributed by atoms with E-state index in [-0.39, 0.29) is 53.0 Å². The molecule has 6 nitrogen and oxygen atoms in total. The van der Waals surface area contributed by atoms with E-state index in [0.29, 0.717) is 18.1 Å². The number of aliphatic hydroxyl groups excluding tert-OH is 1. The van der Waals surface area contributed by atoms with E-state index in [1.807, 2.05) is 0 Å². The highest BCUT2D eigenvalue weighted by molar-refractivity contribution is 5.93. The van der Waals surface area contributed by atoms with E-state index in [4.69, 9.17) is 4.84 Å². The van der Waals surface area contributed by atoms with Crippen molar-refractivity contribution in [1.29, 1.82) is 0 Å². The maximum atomic E-state index is 13.7. The van der Waals surface area contributed by atoms with E-state index in [2.05, 4.69) is 24.3 Å². The highest BCUT2D eigenvalue weighted by Gasteiger charge is 2.65. The summed E-state index contributed by atoms with van der Waals surface area (Å²) in [5.41, 5.74) is 0.739. The van der Waals surface area contributed by atoms with Crippen LogP contribution in [0.2, 0.25) is 0 Å². The van der Waals surface area contributed by atoms with Crippen molar-refractivity contribution in [2.24, 2.45) is 45.6 Å². The van der Waals surface area contributed by atoms with E-state index in [1.165, 1.54) is 0 Å². The van der Waals surface area contributed by atoms with Crippen molar-refractivity contribution in [2.45, 2.75) is 71.3 Å². The molecule has 5 rings (SSSR count). The Morgan fingerprint density at radius 3 is 2.67 bits per heavy atom. The van der Waals surface area contributed by atoms with Gasteiger partial charge in [-0.15, -0.1) is 0 Å². The number of aliphatic hydroxyl groups is 1. The molecule has 5 fully saturated rings. The Balaban J connectivity index is 1.42. The summed E-state index contributed by atoms with van der Waals surface area (Å²) in [6.07, 6.45) is 7.10. The van der Waals surface area contributed by atoms with Crippen LogP contribution < -0.4 is 5.32 Å². The average Bonchev–Trinajstić information content (AvgIpc) is 3.36. The van der Waals surface area contributed by atoms with Crippen molar-refractivity contribution in [3.63, 3.8) is 0 Å². The normalized spacial score (nSPS) is 49.6. The van der Waals surface area contributed by atoms with Crippen LogP contribution in [0.4, 0.5) is 0 Å². The zero-order valence-corrected chi connectivity index (χ0v) is 18.4. The minimum absolute atomic E-state index is 0.0207. The molecule has 166 valence electrons. The largest absolute Gasteiger partial charge is 0.396 e. The monoisotopic (exact) mass is 416 g/mol. The molecule has 0 aromatic rings. The summed E-state index contributed by atoms with van der Waals surface area (Å²) in [4.78, 5) is 32.1. The van der Waals surface area contributed by atoms with E-state index < -0.39 is 0 Å². The minimum Gasteiger partial charge on any atom is -0.396 e. The summed E-state index contributed by atoms with van der Waals surface area (Å²) in [5.74, 6) is 0.775. The Labute approximate surface area is 179 Å². The van der Waals surface area contributed by atoms with Crippen molar-refractivity contribution in [2.75, 3.05) is 19.7 Å². The van der Waals surface area contributed by atoms with Gasteiger partial charge in [0.2, 0.25) is 0 Å². The maximum absolute atomic E-state index is 13.7. The lowest BCUT2D eigenvalue weighted by Crippen LogP contribution is -2.61. The first-order valence-corrected chi connectivity index (χ1v) is 12.0. The van der Waals surface area contributed by atoms with Gasteiger partial charge in [-0.05, 0) is 68.2 Å². The number of fused-ring (bicyclic) bond motifs is 5. The molecule has 0 bridgehead atoms. The Bertz CT molecular complexity index is 760. The number of nitrogens with one attached hydrogen (secondary N) is 1. The van der Waals surface area contributed by atoms with Crippen LogP contribution in [0.15, 0.2) is 5.16 Å². The number of hydrogen-bond donors (Lipinski definition) is 2. The topological polar surface area (TPSA) is 88.0 Å². The number of carbonyl (C=O) groups excluding carboxylic acids is 2. The van der Waals surface area contributed by atoms with Gasteiger partial charge in [0.25, 0.3) is 0 Å². The van der Waals surface area contributed by atoms with Gasteiger partial charge in [0.1, 0.15) is 17.7 Å². The standard InChI is InChI=1S/C24H36N2O4/c1-23-8-5-14(26-30-15-7-10-25-12-15)11-19(23)16(13-27)22(29)21-17-3-4-20(28)24(17,2)9-6-18(21)23/h15-19,21,25,27H,3-13H2,1-2H3/t15?,16-,17+,18+,19?,21+,23-,24+/m1/s1. The van der Waals surface area contributed by atoms with Crippen LogP contribution in [-0.4, -0.2) is 48.2 Å². The van der Waals surface area contributed by atoms with E-state index in [9.17, 15) is 14.7 Å². The van der Waals surface area contributed by atoms with Gasteiger partial charge in [-0.1, -0.05) is 19.0 Å². The van der Waals surface area contributed by atoms with Crippen LogP contribution in [0.25, 0.3) is 0 Å². The molecule has 0 spiro atoms. The summed E-state index contributed by atoms with van der Waals surface area (Å²) in [7, 11) is 0. The average molecular weight is 417 g/mol. The quantitative estimate of drug-likeness (QED) is 0.691. The van der Waals surface area contributed by atoms with Crippen molar-refractivity contribution < 1.29 is 19.5 Å². The number of carbonyl (C=O) groups is 2. The number of nitrogens with zero attached hydrogens (tertiary/aromatic N) is 1. The smallest absolute Gasteiger partial charge is 0.142 e. The number of hydrogen-bond acceptors (Lipinski definition) is 6. The maximum Gasteiger partial charge on any atom is 0.142 e. The number of oxime groups is 1. The zero-order valence-electron chi connectivity index (χ0n) is 18.4. The van der Waals surface area contributed by atoms with Crippen LogP contribution in [0.3, 0.4) is 0 Å². The second-order valence-electron chi connectivity index (χ2n) is 11.0. The Morgan fingerprint density at radius 2 is 1.93 bits per heavy atom. The predicted octanol–water partition coefficient (Wildman–Crippen LogP) is 2.73. The summed E-state index contributed by atoms with van der Waals surface area (Å²) >= 11 is 0. The Kier molecular flexibility index (Phi) is 5.09. The third-order valence-electron chi connectivity index (χ3n) is 9.80. The molecule has 0 radical (unpaired) electrons. The second-order valence-corrected chi connectivity index (χ2v) is 11.0. The third-order valence-corrected chi connectivity index (χ3v) is 9.80. The third kappa shape index (κ3) is 2.93. The van der Waals surface area contributed by atoms with Gasteiger partial charge in [-0.25, -0.2) is 0 Å². The molecule has 2 unspecified atom stereocenters. The highest BCUT2D eigenvalue weighted by Crippen LogP contribution is 2.65. The molecule has 1 heterocycles. The fraction of sp³-hybridized carbons (Fsp3) is 0.875. The first kappa shape index (κ1) is 20.6. The van der Waals surface area contributed by atoms with Crippen LogP contribution in [0.1, 0.15) is 65.2 Å². The summed E-state index contributed by atoms with van der Waals surface area (Å²) in [6.45, 7) is 6.17. The van der Waals surface area contributed by atoms with Gasteiger partial charge in [0.15, 0.2) is 0 Å². The van der Waals surface area contributed by atoms with Crippen molar-refractivity contribution >= 4 is 17.3 Å². The number of Topliss-reactive ketones (excluding diaryl/α,β-unsaturated/α-hetero) is 2. The molecule has 4 aliphatic carbocycles. The predicted molar refractivity (Wildman–Crippen MR) is 113 cm³/mol. The molecule has 6 heteroatoms. The second kappa shape index (κ2) is 7.40. The molecule has 2 N–H and O–H groups in total. The molecule has 0 aromatic heterocycles. The van der Waals surface area contributed by atoms with Gasteiger partial charge < -0.3 is 15.3 Å². The van der Waals surface area contributed by atoms with Gasteiger partial charge in [0, 0.05) is 36.6 Å². The molecule has 8 atom stereocenters. The summed E-state index contributed by atoms with van der Waals surface area (Å²) in [5, 5.41) is 18.1. The van der Waals surface area contributed by atoms with Crippen LogP contribution >= 0.6 is 0 Å².